The molecule has 1 aromatic rings. The summed E-state index contributed by atoms with van der Waals surface area (Å²) in [6.45, 7) is 10.3. The molecule has 0 unspecified atom stereocenters. The maximum Gasteiger partial charge on any atom is 0.123 e. The highest BCUT2D eigenvalue weighted by molar-refractivity contribution is 5.53. The summed E-state index contributed by atoms with van der Waals surface area (Å²) in [5.74, 6) is 0.344. The number of pyridine rings is 1. The maximum absolute atomic E-state index is 10.1. The molecule has 124 valence electrons. The molecule has 2 aliphatic rings. The first-order chi connectivity index (χ1) is 10.7. The predicted molar refractivity (Wildman–Crippen MR) is 92.0 cm³/mol. The second-order valence-electron chi connectivity index (χ2n) is 5.77. The number of rotatable bonds is 1. The highest BCUT2D eigenvalue weighted by Gasteiger charge is 2.13. The number of piperidine rings is 1. The van der Waals surface area contributed by atoms with Gasteiger partial charge in [-0.1, -0.05) is 19.9 Å². The van der Waals surface area contributed by atoms with Crippen LogP contribution in [0.15, 0.2) is 12.1 Å². The van der Waals surface area contributed by atoms with Crippen molar-refractivity contribution in [2.24, 2.45) is 5.92 Å². The highest BCUT2D eigenvalue weighted by Crippen LogP contribution is 2.15. The Morgan fingerprint density at radius 1 is 1.27 bits per heavy atom. The lowest BCUT2D eigenvalue weighted by Gasteiger charge is -2.24. The molecule has 22 heavy (non-hydrogen) atoms. The maximum atomic E-state index is 10.1. The highest BCUT2D eigenvalue weighted by atomic mass is 16.1. The minimum absolute atomic E-state index is 0.344. The van der Waals surface area contributed by atoms with Crippen LogP contribution in [0.3, 0.4) is 0 Å². The van der Waals surface area contributed by atoms with Gasteiger partial charge >= 0.3 is 0 Å². The first-order valence-electron chi connectivity index (χ1n) is 8.49. The lowest BCUT2D eigenvalue weighted by atomic mass is 10.0. The summed E-state index contributed by atoms with van der Waals surface area (Å²) < 4.78 is 0. The van der Waals surface area contributed by atoms with Crippen molar-refractivity contribution in [2.75, 3.05) is 26.7 Å². The van der Waals surface area contributed by atoms with Crippen LogP contribution in [0.4, 0.5) is 0 Å². The third-order valence-electron chi connectivity index (χ3n) is 3.95. The second-order valence-corrected chi connectivity index (χ2v) is 5.77. The number of nitrogens with one attached hydrogen (secondary N) is 1. The van der Waals surface area contributed by atoms with E-state index in [1.165, 1.54) is 11.3 Å². The van der Waals surface area contributed by atoms with Gasteiger partial charge < -0.3 is 15.0 Å². The first-order valence-corrected chi connectivity index (χ1v) is 8.49. The Labute approximate surface area is 135 Å². The molecule has 4 nitrogen and oxygen atoms in total. The summed E-state index contributed by atoms with van der Waals surface area (Å²) in [7, 11) is 2.16. The van der Waals surface area contributed by atoms with E-state index >= 15 is 0 Å². The molecule has 0 bridgehead atoms. The Balaban J connectivity index is 0.000000211. The van der Waals surface area contributed by atoms with E-state index in [0.29, 0.717) is 5.92 Å². The number of fused-ring (bicyclic) bond motifs is 1. The van der Waals surface area contributed by atoms with E-state index in [4.69, 9.17) is 0 Å². The Morgan fingerprint density at radius 3 is 2.55 bits per heavy atom. The van der Waals surface area contributed by atoms with Crippen molar-refractivity contribution < 1.29 is 4.79 Å². The molecule has 1 aromatic heterocycles. The molecule has 0 saturated carbocycles. The van der Waals surface area contributed by atoms with Gasteiger partial charge in [-0.3, -0.25) is 4.98 Å². The molecule has 0 spiro atoms. The zero-order valence-electron chi connectivity index (χ0n) is 14.6. The molecule has 0 aromatic carbocycles. The largest absolute Gasteiger partial charge is 0.317 e. The van der Waals surface area contributed by atoms with Gasteiger partial charge in [0.15, 0.2) is 0 Å². The Hall–Kier alpha value is -1.26. The molecule has 3 heterocycles. The normalized spacial score (nSPS) is 18.2. The minimum atomic E-state index is 0.344. The standard InChI is InChI=1S/C10H14N2.C6H11NO.C2H6/c1-8-3-4-9-7-12(2)6-5-10(9)11-8;8-5-6-1-3-7-4-2-6;1-2/h3-4H,5-7H2,1-2H3;5-7H,1-4H2;1-2H3. The molecule has 0 atom stereocenters. The van der Waals surface area contributed by atoms with Crippen LogP contribution in [0.5, 0.6) is 0 Å². The van der Waals surface area contributed by atoms with Crippen LogP contribution in [0, 0.1) is 12.8 Å². The molecule has 1 fully saturated rings. The van der Waals surface area contributed by atoms with Crippen LogP contribution in [-0.4, -0.2) is 42.9 Å². The van der Waals surface area contributed by atoms with Crippen LogP contribution in [0.25, 0.3) is 0 Å². The smallest absolute Gasteiger partial charge is 0.123 e. The van der Waals surface area contributed by atoms with E-state index in [0.717, 1.165) is 57.4 Å². The third-order valence-corrected chi connectivity index (χ3v) is 3.95. The van der Waals surface area contributed by atoms with Crippen molar-refractivity contribution in [3.63, 3.8) is 0 Å². The minimum Gasteiger partial charge on any atom is -0.317 e. The lowest BCUT2D eigenvalue weighted by Crippen LogP contribution is -2.28. The zero-order chi connectivity index (χ0) is 16.4. The summed E-state index contributed by atoms with van der Waals surface area (Å²) in [6, 6.07) is 4.30. The fourth-order valence-corrected chi connectivity index (χ4v) is 2.65. The van der Waals surface area contributed by atoms with E-state index in [-0.39, 0.29) is 0 Å². The number of aldehydes is 1. The number of nitrogens with zero attached hydrogens (tertiary/aromatic N) is 2. The average Bonchev–Trinajstić information content (AvgIpc) is 2.58. The summed E-state index contributed by atoms with van der Waals surface area (Å²) in [5, 5.41) is 3.19. The molecule has 3 rings (SSSR count). The fourth-order valence-electron chi connectivity index (χ4n) is 2.65. The first kappa shape index (κ1) is 18.8. The van der Waals surface area contributed by atoms with Gasteiger partial charge in [-0.2, -0.15) is 0 Å². The van der Waals surface area contributed by atoms with Gasteiger partial charge in [0.05, 0.1) is 0 Å². The summed E-state index contributed by atoms with van der Waals surface area (Å²) >= 11 is 0. The van der Waals surface area contributed by atoms with E-state index in [2.05, 4.69) is 41.3 Å². The lowest BCUT2D eigenvalue weighted by molar-refractivity contribution is -0.111. The van der Waals surface area contributed by atoms with Gasteiger partial charge in [0.1, 0.15) is 6.29 Å². The quantitative estimate of drug-likeness (QED) is 0.810. The number of aryl methyl sites for hydroxylation is 1. The summed E-state index contributed by atoms with van der Waals surface area (Å²) in [5.41, 5.74) is 3.83. The van der Waals surface area contributed by atoms with Crippen LogP contribution in [0.1, 0.15) is 43.6 Å². The zero-order valence-corrected chi connectivity index (χ0v) is 14.6. The van der Waals surface area contributed by atoms with Gasteiger partial charge in [0, 0.05) is 36.8 Å². The fraction of sp³-hybridized carbons (Fsp3) is 0.667. The Kier molecular flexibility index (Phi) is 8.94. The topological polar surface area (TPSA) is 45.2 Å². The second kappa shape index (κ2) is 10.5. The summed E-state index contributed by atoms with van der Waals surface area (Å²) in [6.07, 6.45) is 4.24. The van der Waals surface area contributed by atoms with E-state index in [9.17, 15) is 4.79 Å². The average molecular weight is 305 g/mol. The molecule has 2 aliphatic heterocycles. The predicted octanol–water partition coefficient (Wildman–Crippen LogP) is 2.59. The van der Waals surface area contributed by atoms with Gasteiger partial charge in [-0.05, 0) is 51.5 Å². The molecular formula is C18H31N3O. The Morgan fingerprint density at radius 2 is 1.95 bits per heavy atom. The third kappa shape index (κ3) is 6.24. The van der Waals surface area contributed by atoms with Crippen LogP contribution < -0.4 is 5.32 Å². The molecule has 0 radical (unpaired) electrons. The van der Waals surface area contributed by atoms with Crippen molar-refractivity contribution in [3.8, 4) is 0 Å². The van der Waals surface area contributed by atoms with Crippen molar-refractivity contribution >= 4 is 6.29 Å². The molecule has 1 N–H and O–H groups in total. The van der Waals surface area contributed by atoms with Crippen molar-refractivity contribution in [1.82, 2.24) is 15.2 Å². The van der Waals surface area contributed by atoms with E-state index < -0.39 is 0 Å². The molecule has 0 aliphatic carbocycles. The van der Waals surface area contributed by atoms with Gasteiger partial charge in [0.25, 0.3) is 0 Å². The van der Waals surface area contributed by atoms with Gasteiger partial charge in [0.2, 0.25) is 0 Å². The van der Waals surface area contributed by atoms with E-state index in [1.807, 2.05) is 13.8 Å². The van der Waals surface area contributed by atoms with Crippen molar-refractivity contribution in [1.29, 1.82) is 0 Å². The van der Waals surface area contributed by atoms with E-state index in [1.54, 1.807) is 0 Å². The van der Waals surface area contributed by atoms with Crippen LogP contribution >= 0.6 is 0 Å². The van der Waals surface area contributed by atoms with Crippen molar-refractivity contribution in [3.05, 3.63) is 29.1 Å². The van der Waals surface area contributed by atoms with Crippen molar-refractivity contribution in [2.45, 2.75) is 46.6 Å². The van der Waals surface area contributed by atoms with Crippen LogP contribution in [0.2, 0.25) is 0 Å². The number of carbonyl (C=O) groups excluding carboxylic acids is 1. The van der Waals surface area contributed by atoms with Gasteiger partial charge in [-0.15, -0.1) is 0 Å². The number of aromatic nitrogens is 1. The SMILES string of the molecule is CC.Cc1ccc2c(n1)CCN(C)C2.O=CC1CCNCC1. The number of hydrogen-bond donors (Lipinski definition) is 1. The molecule has 1 saturated heterocycles. The summed E-state index contributed by atoms with van der Waals surface area (Å²) in [4.78, 5) is 17.0. The number of carbonyl (C=O) groups is 1. The molecule has 0 amide bonds. The number of hydrogen-bond acceptors (Lipinski definition) is 4. The Bertz CT molecular complexity index is 442. The molecular weight excluding hydrogens is 274 g/mol. The van der Waals surface area contributed by atoms with Crippen LogP contribution in [-0.2, 0) is 17.8 Å². The monoisotopic (exact) mass is 305 g/mol. The number of likely N-dealkylation sites (N-methyl/N-ethyl adjacent to an activating group) is 1. The molecule has 4 heteroatoms. The van der Waals surface area contributed by atoms with Gasteiger partial charge in [-0.25, -0.2) is 0 Å².